The highest BCUT2D eigenvalue weighted by Crippen LogP contribution is 2.47. The molecule has 0 N–H and O–H groups in total. The summed E-state index contributed by atoms with van der Waals surface area (Å²) in [6, 6.07) is 38.0. The Kier molecular flexibility index (Phi) is 6.07. The highest BCUT2D eigenvalue weighted by atomic mass is 14.3. The molecule has 0 saturated carbocycles. The van der Waals surface area contributed by atoms with E-state index in [1.165, 1.54) is 44.2 Å². The minimum atomic E-state index is 1.00. The fourth-order valence-electron chi connectivity index (χ4n) is 5.39. The Morgan fingerprint density at radius 3 is 1.73 bits per heavy atom. The maximum atomic E-state index is 3.45. The smallest absolute Gasteiger partial charge is 0.0327 e. The Morgan fingerprint density at radius 1 is 0.400 bits per heavy atom. The molecule has 0 radical (unpaired) electrons. The van der Waals surface area contributed by atoms with E-state index >= 15 is 0 Å². The van der Waals surface area contributed by atoms with Gasteiger partial charge in [0.1, 0.15) is 0 Å². The molecular weight excluding hydrogens is 480 g/mol. The van der Waals surface area contributed by atoms with Crippen LogP contribution in [0.15, 0.2) is 151 Å². The number of benzene rings is 5. The Labute approximate surface area is 235 Å². The van der Waals surface area contributed by atoms with Crippen molar-refractivity contribution >= 4 is 16.3 Å². The predicted octanol–water partition coefficient (Wildman–Crippen LogP) is 9.10. The average Bonchev–Trinajstić information content (AvgIpc) is 3.12. The van der Waals surface area contributed by atoms with Crippen LogP contribution in [-0.4, -0.2) is 0 Å². The monoisotopic (exact) mass is 504 g/mol. The summed E-state index contributed by atoms with van der Waals surface area (Å²) in [4.78, 5) is 0. The summed E-state index contributed by atoms with van der Waals surface area (Å²) in [5, 5.41) is 2.39. The molecule has 0 bridgehead atoms. The minimum absolute atomic E-state index is 1.00. The van der Waals surface area contributed by atoms with Crippen molar-refractivity contribution in [1.29, 1.82) is 0 Å². The van der Waals surface area contributed by atoms with Gasteiger partial charge >= 0.3 is 0 Å². The first-order valence-electron chi connectivity index (χ1n) is 13.5. The molecule has 5 aromatic carbocycles. The SMILES string of the molecule is C(#Cc1ccc2c(c1)C(=C1C=CC=CC=C1)c1cc(C#Cc3cccc4ccccc34)ccc1-2)c1ccccc1. The fourth-order valence-corrected chi connectivity index (χ4v) is 5.39. The van der Waals surface area contributed by atoms with E-state index in [0.29, 0.717) is 0 Å². The van der Waals surface area contributed by atoms with Gasteiger partial charge in [0.15, 0.2) is 0 Å². The van der Waals surface area contributed by atoms with E-state index in [0.717, 1.165) is 22.3 Å². The highest BCUT2D eigenvalue weighted by Gasteiger charge is 2.25. The van der Waals surface area contributed by atoms with Crippen LogP contribution in [0.5, 0.6) is 0 Å². The lowest BCUT2D eigenvalue weighted by Crippen LogP contribution is -1.89. The molecular formula is C40H24. The van der Waals surface area contributed by atoms with Crippen LogP contribution >= 0.6 is 0 Å². The third kappa shape index (κ3) is 4.50. The third-order valence-electron chi connectivity index (χ3n) is 7.30. The van der Waals surface area contributed by atoms with Crippen molar-refractivity contribution in [2.24, 2.45) is 0 Å². The lowest BCUT2D eigenvalue weighted by molar-refractivity contribution is 1.58. The first-order chi connectivity index (χ1) is 19.8. The average molecular weight is 505 g/mol. The van der Waals surface area contributed by atoms with Gasteiger partial charge in [0.2, 0.25) is 0 Å². The van der Waals surface area contributed by atoms with E-state index in [2.05, 4.69) is 139 Å². The van der Waals surface area contributed by atoms with Crippen LogP contribution in [-0.2, 0) is 0 Å². The summed E-state index contributed by atoms with van der Waals surface area (Å²) < 4.78 is 0. The van der Waals surface area contributed by atoms with E-state index in [1.807, 2.05) is 30.3 Å². The molecule has 40 heavy (non-hydrogen) atoms. The van der Waals surface area contributed by atoms with Gasteiger partial charge in [-0.05, 0) is 86.6 Å². The van der Waals surface area contributed by atoms with Crippen LogP contribution in [0.4, 0.5) is 0 Å². The second kappa shape index (κ2) is 10.3. The van der Waals surface area contributed by atoms with Gasteiger partial charge in [-0.1, -0.05) is 127 Å². The molecule has 2 aliphatic carbocycles. The van der Waals surface area contributed by atoms with Crippen molar-refractivity contribution in [2.45, 2.75) is 0 Å². The van der Waals surface area contributed by atoms with E-state index < -0.39 is 0 Å². The molecule has 0 nitrogen and oxygen atoms in total. The minimum Gasteiger partial charge on any atom is -0.0622 e. The van der Waals surface area contributed by atoms with Crippen LogP contribution < -0.4 is 0 Å². The highest BCUT2D eigenvalue weighted by molar-refractivity contribution is 6.04. The Bertz CT molecular complexity index is 2010. The Morgan fingerprint density at radius 2 is 1.00 bits per heavy atom. The predicted molar refractivity (Wildman–Crippen MR) is 168 cm³/mol. The Balaban J connectivity index is 1.34. The normalized spacial score (nSPS) is 12.7. The first-order valence-corrected chi connectivity index (χ1v) is 13.5. The lowest BCUT2D eigenvalue weighted by atomic mass is 9.95. The van der Waals surface area contributed by atoms with Crippen molar-refractivity contribution in [1.82, 2.24) is 0 Å². The molecule has 0 amide bonds. The van der Waals surface area contributed by atoms with E-state index in [-0.39, 0.29) is 0 Å². The number of rotatable bonds is 0. The maximum absolute atomic E-state index is 3.45. The van der Waals surface area contributed by atoms with Crippen molar-refractivity contribution < 1.29 is 0 Å². The second-order valence-corrected chi connectivity index (χ2v) is 9.85. The summed E-state index contributed by atoms with van der Waals surface area (Å²) in [7, 11) is 0. The van der Waals surface area contributed by atoms with Gasteiger partial charge in [0, 0.05) is 22.3 Å². The molecule has 0 aromatic heterocycles. The Hall–Kier alpha value is -5.56. The van der Waals surface area contributed by atoms with Crippen LogP contribution in [0.1, 0.15) is 33.4 Å². The van der Waals surface area contributed by atoms with Crippen LogP contribution in [0.2, 0.25) is 0 Å². The molecule has 7 rings (SSSR count). The molecule has 184 valence electrons. The molecule has 0 spiro atoms. The summed E-state index contributed by atoms with van der Waals surface area (Å²) in [6.07, 6.45) is 12.7. The van der Waals surface area contributed by atoms with Crippen LogP contribution in [0.25, 0.3) is 27.5 Å². The summed E-state index contributed by atoms with van der Waals surface area (Å²) >= 11 is 0. The standard InChI is InChI=1S/C40H24/c1-2-7-15-34(14-6-1)40-38-27-30(20-19-29-11-4-3-5-12-29)22-25-36(38)37-26-23-31(28-39(37)40)21-24-33-17-10-16-32-13-8-9-18-35(32)33/h1-18,22-23,25-28H. The maximum Gasteiger partial charge on any atom is 0.0327 e. The quantitative estimate of drug-likeness (QED) is 0.181. The molecule has 5 aromatic rings. The third-order valence-corrected chi connectivity index (χ3v) is 7.30. The molecule has 0 fully saturated rings. The van der Waals surface area contributed by atoms with E-state index in [9.17, 15) is 0 Å². The first kappa shape index (κ1) is 23.5. The van der Waals surface area contributed by atoms with Gasteiger partial charge in [0.25, 0.3) is 0 Å². The zero-order valence-electron chi connectivity index (χ0n) is 21.9. The van der Waals surface area contributed by atoms with E-state index in [4.69, 9.17) is 0 Å². The van der Waals surface area contributed by atoms with Gasteiger partial charge in [-0.25, -0.2) is 0 Å². The summed E-state index contributed by atoms with van der Waals surface area (Å²) in [5.74, 6) is 13.6. The summed E-state index contributed by atoms with van der Waals surface area (Å²) in [6.45, 7) is 0. The van der Waals surface area contributed by atoms with Gasteiger partial charge in [-0.3, -0.25) is 0 Å². The largest absolute Gasteiger partial charge is 0.0622 e. The topological polar surface area (TPSA) is 0 Å². The number of fused-ring (bicyclic) bond motifs is 4. The number of allylic oxidation sites excluding steroid dienone is 7. The van der Waals surface area contributed by atoms with Crippen LogP contribution in [0.3, 0.4) is 0 Å². The molecule has 0 atom stereocenters. The molecule has 2 aliphatic rings. The number of hydrogen-bond donors (Lipinski definition) is 0. The van der Waals surface area contributed by atoms with Gasteiger partial charge in [0.05, 0.1) is 0 Å². The number of hydrogen-bond acceptors (Lipinski definition) is 0. The molecule has 0 aliphatic heterocycles. The van der Waals surface area contributed by atoms with Gasteiger partial charge in [-0.2, -0.15) is 0 Å². The van der Waals surface area contributed by atoms with E-state index in [1.54, 1.807) is 0 Å². The van der Waals surface area contributed by atoms with Crippen molar-refractivity contribution in [3.05, 3.63) is 185 Å². The zero-order valence-corrected chi connectivity index (χ0v) is 21.9. The zero-order chi connectivity index (χ0) is 26.7. The van der Waals surface area contributed by atoms with Crippen LogP contribution in [0, 0.1) is 23.7 Å². The van der Waals surface area contributed by atoms with Crippen molar-refractivity contribution in [3.63, 3.8) is 0 Å². The lowest BCUT2D eigenvalue weighted by Gasteiger charge is -2.08. The summed E-state index contributed by atoms with van der Waals surface area (Å²) in [5.41, 5.74) is 11.3. The fraction of sp³-hybridized carbons (Fsp3) is 0. The van der Waals surface area contributed by atoms with Crippen molar-refractivity contribution in [3.8, 4) is 34.8 Å². The van der Waals surface area contributed by atoms with Crippen molar-refractivity contribution in [2.75, 3.05) is 0 Å². The van der Waals surface area contributed by atoms with Gasteiger partial charge < -0.3 is 0 Å². The second-order valence-electron chi connectivity index (χ2n) is 9.85. The van der Waals surface area contributed by atoms with Gasteiger partial charge in [-0.15, -0.1) is 0 Å². The molecule has 0 unspecified atom stereocenters. The molecule has 0 saturated heterocycles. The molecule has 0 heteroatoms. The molecule has 0 heterocycles.